The molecule has 3 heterocycles. The molecule has 0 fully saturated rings. The fourth-order valence-electron chi connectivity index (χ4n) is 2.57. The Balaban J connectivity index is 1.65. The van der Waals surface area contributed by atoms with Crippen LogP contribution >= 0.6 is 11.3 Å². The smallest absolute Gasteiger partial charge is 0.235 e. The lowest BCUT2D eigenvalue weighted by atomic mass is 10.2. The zero-order chi connectivity index (χ0) is 16.1. The molecule has 0 bridgehead atoms. The molecule has 7 heteroatoms. The first-order valence-corrected chi connectivity index (χ1v) is 8.07. The minimum Gasteiger partial charge on any atom is -0.453 e. The summed E-state index contributed by atoms with van der Waals surface area (Å²) >= 11 is 1.39. The van der Waals surface area contributed by atoms with Crippen LogP contribution in [0.15, 0.2) is 59.0 Å². The van der Waals surface area contributed by atoms with Gasteiger partial charge in [-0.3, -0.25) is 0 Å². The van der Waals surface area contributed by atoms with Crippen molar-refractivity contribution in [2.75, 3.05) is 0 Å². The number of para-hydroxylation sites is 1. The van der Waals surface area contributed by atoms with Gasteiger partial charge in [-0.1, -0.05) is 29.5 Å². The number of benzene rings is 2. The van der Waals surface area contributed by atoms with Crippen LogP contribution in [0.2, 0.25) is 0 Å². The Bertz CT molecular complexity index is 1140. The molecule has 0 aliphatic rings. The maximum absolute atomic E-state index is 13.1. The predicted octanol–water partition coefficient (Wildman–Crippen LogP) is 4.41. The van der Waals surface area contributed by atoms with Crippen LogP contribution in [-0.2, 0) is 0 Å². The van der Waals surface area contributed by atoms with Crippen molar-refractivity contribution in [2.24, 2.45) is 0 Å². The molecule has 116 valence electrons. The summed E-state index contributed by atoms with van der Waals surface area (Å²) in [5.41, 5.74) is 1.63. The molecular formula is C17H9FN4OS. The molecule has 5 nitrogen and oxygen atoms in total. The van der Waals surface area contributed by atoms with Crippen LogP contribution in [0.25, 0.3) is 38.1 Å². The minimum atomic E-state index is -0.273. The molecule has 0 saturated carbocycles. The number of furan rings is 1. The third-order valence-corrected chi connectivity index (χ3v) is 4.68. The van der Waals surface area contributed by atoms with Gasteiger partial charge < -0.3 is 4.42 Å². The third-order valence-electron chi connectivity index (χ3n) is 3.73. The van der Waals surface area contributed by atoms with Crippen LogP contribution < -0.4 is 0 Å². The number of hydrogen-bond donors (Lipinski definition) is 0. The molecule has 0 N–H and O–H groups in total. The maximum atomic E-state index is 13.1. The van der Waals surface area contributed by atoms with Crippen molar-refractivity contribution in [2.45, 2.75) is 0 Å². The van der Waals surface area contributed by atoms with Gasteiger partial charge in [0, 0.05) is 10.9 Å². The second-order valence-electron chi connectivity index (χ2n) is 5.28. The molecule has 5 aromatic rings. The van der Waals surface area contributed by atoms with Crippen molar-refractivity contribution in [3.8, 4) is 22.2 Å². The summed E-state index contributed by atoms with van der Waals surface area (Å²) in [7, 11) is 0. The molecule has 2 aromatic carbocycles. The zero-order valence-corrected chi connectivity index (χ0v) is 13.0. The van der Waals surface area contributed by atoms with E-state index in [0.717, 1.165) is 21.5 Å². The number of aromatic nitrogens is 4. The molecule has 0 saturated heterocycles. The Morgan fingerprint density at radius 3 is 2.67 bits per heavy atom. The van der Waals surface area contributed by atoms with Gasteiger partial charge in [0.25, 0.3) is 0 Å². The molecule has 0 atom stereocenters. The highest BCUT2D eigenvalue weighted by molar-refractivity contribution is 7.19. The van der Waals surface area contributed by atoms with Crippen molar-refractivity contribution >= 4 is 27.3 Å². The van der Waals surface area contributed by atoms with Gasteiger partial charge >= 0.3 is 0 Å². The first-order chi connectivity index (χ1) is 11.8. The summed E-state index contributed by atoms with van der Waals surface area (Å²) in [4.78, 5) is 0.657. The monoisotopic (exact) mass is 336 g/mol. The summed E-state index contributed by atoms with van der Waals surface area (Å²) in [6.07, 6.45) is 0. The molecule has 24 heavy (non-hydrogen) atoms. The summed E-state index contributed by atoms with van der Waals surface area (Å²) in [5, 5.41) is 14.6. The van der Waals surface area contributed by atoms with Gasteiger partial charge in [0.1, 0.15) is 16.4 Å². The topological polar surface area (TPSA) is 56.2 Å². The first-order valence-electron chi connectivity index (χ1n) is 7.25. The second-order valence-corrected chi connectivity index (χ2v) is 6.24. The Hall–Kier alpha value is -3.06. The molecule has 0 unspecified atom stereocenters. The van der Waals surface area contributed by atoms with E-state index >= 15 is 0 Å². The average molecular weight is 336 g/mol. The van der Waals surface area contributed by atoms with Crippen molar-refractivity contribution in [1.82, 2.24) is 19.8 Å². The Morgan fingerprint density at radius 1 is 1.00 bits per heavy atom. The van der Waals surface area contributed by atoms with Gasteiger partial charge in [0.2, 0.25) is 10.8 Å². The normalized spacial score (nSPS) is 11.5. The SMILES string of the molecule is Fc1ccc(-c2nn3c(-c4cc5ccccc5o4)nnc3s2)cc1. The second kappa shape index (κ2) is 4.97. The van der Waals surface area contributed by atoms with Crippen LogP contribution in [0.1, 0.15) is 0 Å². The molecule has 0 spiro atoms. The molecule has 0 amide bonds. The molecule has 3 aromatic heterocycles. The summed E-state index contributed by atoms with van der Waals surface area (Å²) in [6, 6.07) is 15.9. The summed E-state index contributed by atoms with van der Waals surface area (Å²) in [5.74, 6) is 0.884. The average Bonchev–Trinajstić information content (AvgIpc) is 3.28. The van der Waals surface area contributed by atoms with E-state index in [1.165, 1.54) is 23.5 Å². The van der Waals surface area contributed by atoms with Gasteiger partial charge in [-0.2, -0.15) is 9.61 Å². The standard InChI is InChI=1S/C17H9FN4OS/c18-12-7-5-10(6-8-12)16-21-22-15(19-20-17(22)24-16)14-9-11-3-1-2-4-13(11)23-14/h1-9H. The van der Waals surface area contributed by atoms with Gasteiger partial charge in [-0.05, 0) is 36.4 Å². The van der Waals surface area contributed by atoms with Crippen molar-refractivity contribution in [3.63, 3.8) is 0 Å². The van der Waals surface area contributed by atoms with Gasteiger partial charge in [0.05, 0.1) is 0 Å². The van der Waals surface area contributed by atoms with E-state index in [-0.39, 0.29) is 5.82 Å². The molecule has 0 aliphatic carbocycles. The fourth-order valence-corrected chi connectivity index (χ4v) is 3.42. The van der Waals surface area contributed by atoms with Crippen LogP contribution in [0.4, 0.5) is 4.39 Å². The van der Waals surface area contributed by atoms with E-state index in [0.29, 0.717) is 16.5 Å². The molecule has 0 radical (unpaired) electrons. The number of nitrogens with zero attached hydrogens (tertiary/aromatic N) is 4. The van der Waals surface area contributed by atoms with E-state index in [1.54, 1.807) is 16.6 Å². The minimum absolute atomic E-state index is 0.273. The fraction of sp³-hybridized carbons (Fsp3) is 0. The summed E-state index contributed by atoms with van der Waals surface area (Å²) < 4.78 is 20.6. The van der Waals surface area contributed by atoms with Crippen molar-refractivity contribution < 1.29 is 8.81 Å². The Labute approximate surface area is 139 Å². The first kappa shape index (κ1) is 13.4. The lowest BCUT2D eigenvalue weighted by Gasteiger charge is -1.94. The van der Waals surface area contributed by atoms with Gasteiger partial charge in [-0.15, -0.1) is 10.2 Å². The van der Waals surface area contributed by atoms with Gasteiger partial charge in [-0.25, -0.2) is 4.39 Å². The van der Waals surface area contributed by atoms with Crippen LogP contribution in [0.5, 0.6) is 0 Å². The number of hydrogen-bond acceptors (Lipinski definition) is 5. The quantitative estimate of drug-likeness (QED) is 0.479. The molecule has 5 rings (SSSR count). The lowest BCUT2D eigenvalue weighted by molar-refractivity contribution is 0.622. The lowest BCUT2D eigenvalue weighted by Crippen LogP contribution is -1.89. The number of fused-ring (bicyclic) bond motifs is 2. The van der Waals surface area contributed by atoms with E-state index in [1.807, 2.05) is 30.3 Å². The van der Waals surface area contributed by atoms with E-state index in [4.69, 9.17) is 4.42 Å². The number of rotatable bonds is 2. The van der Waals surface area contributed by atoms with E-state index in [9.17, 15) is 4.39 Å². The third kappa shape index (κ3) is 2.02. The molecule has 0 aliphatic heterocycles. The highest BCUT2D eigenvalue weighted by atomic mass is 32.1. The van der Waals surface area contributed by atoms with Crippen LogP contribution in [0.3, 0.4) is 0 Å². The molecular weight excluding hydrogens is 327 g/mol. The zero-order valence-electron chi connectivity index (χ0n) is 12.2. The maximum Gasteiger partial charge on any atom is 0.235 e. The van der Waals surface area contributed by atoms with Crippen molar-refractivity contribution in [3.05, 3.63) is 60.4 Å². The van der Waals surface area contributed by atoms with Gasteiger partial charge in [0.15, 0.2) is 5.76 Å². The highest BCUT2D eigenvalue weighted by Gasteiger charge is 2.17. The van der Waals surface area contributed by atoms with Crippen molar-refractivity contribution in [1.29, 1.82) is 0 Å². The number of halogens is 1. The predicted molar refractivity (Wildman–Crippen MR) is 89.3 cm³/mol. The van der Waals surface area contributed by atoms with E-state index in [2.05, 4.69) is 15.3 Å². The Kier molecular flexibility index (Phi) is 2.77. The van der Waals surface area contributed by atoms with Crippen LogP contribution in [-0.4, -0.2) is 19.8 Å². The Morgan fingerprint density at radius 2 is 1.83 bits per heavy atom. The van der Waals surface area contributed by atoms with Crippen LogP contribution in [0, 0.1) is 5.82 Å². The summed E-state index contributed by atoms with van der Waals surface area (Å²) in [6.45, 7) is 0. The largest absolute Gasteiger partial charge is 0.453 e. The highest BCUT2D eigenvalue weighted by Crippen LogP contribution is 2.30. The van der Waals surface area contributed by atoms with E-state index < -0.39 is 0 Å².